The maximum Gasteiger partial charge on any atom is 0.275 e. The largest absolute Gasteiger partial charge is 0.326 e. The monoisotopic (exact) mass is 308 g/mol. The molecule has 0 aliphatic heterocycles. The Morgan fingerprint density at radius 2 is 1.74 bits per heavy atom. The van der Waals surface area contributed by atoms with Gasteiger partial charge in [-0.25, -0.2) is 4.98 Å². The van der Waals surface area contributed by atoms with Crippen molar-refractivity contribution in [3.05, 3.63) is 60.0 Å². The summed E-state index contributed by atoms with van der Waals surface area (Å²) in [5.74, 6) is -0.461. The van der Waals surface area contributed by atoms with Crippen molar-refractivity contribution in [2.24, 2.45) is 0 Å². The molecule has 0 radical (unpaired) electrons. The molecule has 0 atom stereocenters. The summed E-state index contributed by atoms with van der Waals surface area (Å²) >= 11 is 0. The highest BCUT2D eigenvalue weighted by molar-refractivity contribution is 6.03. The minimum absolute atomic E-state index is 0.163. The molecule has 116 valence electrons. The summed E-state index contributed by atoms with van der Waals surface area (Å²) in [6.45, 7) is 3.39. The Kier molecular flexibility index (Phi) is 3.80. The van der Waals surface area contributed by atoms with Crippen LogP contribution in [0, 0.1) is 6.92 Å². The minimum atomic E-state index is -0.298. The van der Waals surface area contributed by atoms with Crippen LogP contribution in [0.25, 0.3) is 5.65 Å². The van der Waals surface area contributed by atoms with Crippen molar-refractivity contribution in [2.45, 2.75) is 13.8 Å². The molecule has 0 unspecified atom stereocenters. The number of carbonyl (C=O) groups excluding carboxylic acids is 2. The molecular weight excluding hydrogens is 292 g/mol. The Balaban J connectivity index is 1.83. The Hall–Kier alpha value is -3.15. The van der Waals surface area contributed by atoms with E-state index in [4.69, 9.17) is 0 Å². The van der Waals surface area contributed by atoms with Crippen LogP contribution in [0.3, 0.4) is 0 Å². The molecule has 3 rings (SSSR count). The van der Waals surface area contributed by atoms with Crippen molar-refractivity contribution >= 4 is 28.8 Å². The van der Waals surface area contributed by atoms with Gasteiger partial charge in [-0.05, 0) is 37.3 Å². The number of carbonyl (C=O) groups is 2. The van der Waals surface area contributed by atoms with Gasteiger partial charge in [-0.3, -0.25) is 9.59 Å². The Labute approximate surface area is 133 Å². The summed E-state index contributed by atoms with van der Waals surface area (Å²) in [7, 11) is 0. The molecule has 0 saturated heterocycles. The molecule has 2 heterocycles. The summed E-state index contributed by atoms with van der Waals surface area (Å²) in [6, 6.07) is 12.7. The zero-order valence-electron chi connectivity index (χ0n) is 12.8. The highest BCUT2D eigenvalue weighted by Crippen LogP contribution is 2.16. The lowest BCUT2D eigenvalue weighted by Gasteiger charge is -2.06. The molecule has 6 heteroatoms. The third kappa shape index (κ3) is 3.21. The zero-order valence-corrected chi connectivity index (χ0v) is 12.8. The van der Waals surface area contributed by atoms with Crippen LogP contribution in [0.15, 0.2) is 48.7 Å². The first-order chi connectivity index (χ1) is 11.0. The van der Waals surface area contributed by atoms with E-state index in [-0.39, 0.29) is 11.8 Å². The molecule has 2 N–H and O–H groups in total. The number of fused-ring (bicyclic) bond motifs is 1. The topological polar surface area (TPSA) is 75.5 Å². The van der Waals surface area contributed by atoms with Gasteiger partial charge in [0, 0.05) is 30.2 Å². The van der Waals surface area contributed by atoms with Crippen LogP contribution in [0.1, 0.15) is 23.1 Å². The molecule has 0 aliphatic rings. The zero-order chi connectivity index (χ0) is 16.4. The lowest BCUT2D eigenvalue weighted by atomic mass is 10.2. The molecule has 0 bridgehead atoms. The van der Waals surface area contributed by atoms with Crippen molar-refractivity contribution in [1.29, 1.82) is 0 Å². The van der Waals surface area contributed by atoms with Gasteiger partial charge in [-0.15, -0.1) is 0 Å². The summed E-state index contributed by atoms with van der Waals surface area (Å²) in [6.07, 6.45) is 1.71. The number of hydrogen-bond donors (Lipinski definition) is 2. The van der Waals surface area contributed by atoms with Gasteiger partial charge in [0.1, 0.15) is 11.3 Å². The van der Waals surface area contributed by atoms with Gasteiger partial charge in [0.25, 0.3) is 5.91 Å². The number of hydrogen-bond acceptors (Lipinski definition) is 3. The number of nitrogens with one attached hydrogen (secondary N) is 2. The molecule has 23 heavy (non-hydrogen) atoms. The quantitative estimate of drug-likeness (QED) is 0.781. The van der Waals surface area contributed by atoms with Crippen LogP contribution in [-0.2, 0) is 4.79 Å². The van der Waals surface area contributed by atoms with Gasteiger partial charge >= 0.3 is 0 Å². The molecule has 2 aromatic heterocycles. The van der Waals surface area contributed by atoms with E-state index < -0.39 is 0 Å². The number of amides is 2. The molecule has 0 spiro atoms. The van der Waals surface area contributed by atoms with Crippen molar-refractivity contribution < 1.29 is 9.59 Å². The maximum absolute atomic E-state index is 12.4. The van der Waals surface area contributed by atoms with Gasteiger partial charge in [-0.2, -0.15) is 0 Å². The third-order valence-electron chi connectivity index (χ3n) is 3.37. The lowest BCUT2D eigenvalue weighted by Crippen LogP contribution is -2.13. The van der Waals surface area contributed by atoms with Gasteiger partial charge in [0.15, 0.2) is 0 Å². The molecule has 0 aliphatic carbocycles. The molecule has 0 saturated carbocycles. The fourth-order valence-electron chi connectivity index (χ4n) is 2.33. The van der Waals surface area contributed by atoms with Crippen LogP contribution in [0.5, 0.6) is 0 Å². The first-order valence-electron chi connectivity index (χ1n) is 7.16. The Bertz CT molecular complexity index is 898. The number of aryl methyl sites for hydroxylation is 1. The smallest absolute Gasteiger partial charge is 0.275 e. The average Bonchev–Trinajstić information content (AvgIpc) is 2.92. The summed E-state index contributed by atoms with van der Waals surface area (Å²) in [4.78, 5) is 27.8. The maximum atomic E-state index is 12.4. The van der Waals surface area contributed by atoms with Crippen molar-refractivity contribution in [3.8, 4) is 0 Å². The molecule has 3 aromatic rings. The second-order valence-corrected chi connectivity index (χ2v) is 5.24. The van der Waals surface area contributed by atoms with Crippen molar-refractivity contribution in [2.75, 3.05) is 10.6 Å². The fraction of sp³-hybridized carbons (Fsp3) is 0.118. The van der Waals surface area contributed by atoms with Gasteiger partial charge in [0.2, 0.25) is 5.91 Å². The number of pyridine rings is 1. The second kappa shape index (κ2) is 5.92. The highest BCUT2D eigenvalue weighted by atomic mass is 16.2. The number of imidazole rings is 1. The minimum Gasteiger partial charge on any atom is -0.326 e. The van der Waals surface area contributed by atoms with E-state index in [0.717, 1.165) is 11.3 Å². The highest BCUT2D eigenvalue weighted by Gasteiger charge is 2.12. The number of benzene rings is 1. The number of aromatic nitrogens is 2. The lowest BCUT2D eigenvalue weighted by molar-refractivity contribution is -0.114. The van der Waals surface area contributed by atoms with Crippen LogP contribution in [-0.4, -0.2) is 21.2 Å². The SMILES string of the molecule is CC(=O)Nc1cccc(NC(=O)c2cn3c(C)cccc3n2)c1. The van der Waals surface area contributed by atoms with Gasteiger partial charge < -0.3 is 15.0 Å². The van der Waals surface area contributed by atoms with Crippen LogP contribution in [0.2, 0.25) is 0 Å². The van der Waals surface area contributed by atoms with Crippen LogP contribution >= 0.6 is 0 Å². The van der Waals surface area contributed by atoms with Gasteiger partial charge in [0.05, 0.1) is 0 Å². The summed E-state index contributed by atoms with van der Waals surface area (Å²) < 4.78 is 1.86. The van der Waals surface area contributed by atoms with E-state index in [1.807, 2.05) is 29.5 Å². The van der Waals surface area contributed by atoms with Gasteiger partial charge in [-0.1, -0.05) is 12.1 Å². The van der Waals surface area contributed by atoms with E-state index in [2.05, 4.69) is 15.6 Å². The molecule has 2 amide bonds. The third-order valence-corrected chi connectivity index (χ3v) is 3.37. The van der Waals surface area contributed by atoms with E-state index in [1.165, 1.54) is 6.92 Å². The van der Waals surface area contributed by atoms with E-state index in [0.29, 0.717) is 17.1 Å². The van der Waals surface area contributed by atoms with E-state index in [9.17, 15) is 9.59 Å². The van der Waals surface area contributed by atoms with E-state index >= 15 is 0 Å². The first-order valence-corrected chi connectivity index (χ1v) is 7.16. The summed E-state index contributed by atoms with van der Waals surface area (Å²) in [5, 5.41) is 5.46. The number of anilines is 2. The Morgan fingerprint density at radius 3 is 2.43 bits per heavy atom. The van der Waals surface area contributed by atoms with Crippen LogP contribution < -0.4 is 10.6 Å². The fourth-order valence-corrected chi connectivity index (χ4v) is 2.33. The average molecular weight is 308 g/mol. The van der Waals surface area contributed by atoms with Crippen molar-refractivity contribution in [3.63, 3.8) is 0 Å². The van der Waals surface area contributed by atoms with E-state index in [1.54, 1.807) is 30.5 Å². The van der Waals surface area contributed by atoms with Crippen LogP contribution in [0.4, 0.5) is 11.4 Å². The number of nitrogens with zero attached hydrogens (tertiary/aromatic N) is 2. The summed E-state index contributed by atoms with van der Waals surface area (Å²) in [5.41, 5.74) is 3.28. The standard InChI is InChI=1S/C17H16N4O2/c1-11-5-3-8-16-20-15(10-21(11)16)17(23)19-14-7-4-6-13(9-14)18-12(2)22/h3-10H,1-2H3,(H,18,22)(H,19,23). The predicted molar refractivity (Wildman–Crippen MR) is 88.6 cm³/mol. The molecule has 6 nitrogen and oxygen atoms in total. The molecule has 1 aromatic carbocycles. The Morgan fingerprint density at radius 1 is 1.04 bits per heavy atom. The number of rotatable bonds is 3. The normalized spacial score (nSPS) is 10.5. The molecule has 0 fully saturated rings. The first kappa shape index (κ1) is 14.8. The van der Waals surface area contributed by atoms with Crippen molar-refractivity contribution in [1.82, 2.24) is 9.38 Å². The molecular formula is C17H16N4O2. The predicted octanol–water partition coefficient (Wildman–Crippen LogP) is 2.85. The second-order valence-electron chi connectivity index (χ2n) is 5.24.